The van der Waals surface area contributed by atoms with Crippen LogP contribution >= 0.6 is 11.6 Å². The van der Waals surface area contributed by atoms with E-state index in [1.807, 2.05) is 42.1 Å². The van der Waals surface area contributed by atoms with Crippen LogP contribution in [0.15, 0.2) is 70.5 Å². The lowest BCUT2D eigenvalue weighted by Gasteiger charge is -2.26. The number of benzene rings is 2. The van der Waals surface area contributed by atoms with Crippen molar-refractivity contribution < 1.29 is 23.8 Å². The fraction of sp³-hybridized carbons (Fsp3) is 0.231. The van der Waals surface area contributed by atoms with Crippen LogP contribution in [0.3, 0.4) is 0 Å². The largest absolute Gasteiger partial charge is 0.503 e. The summed E-state index contributed by atoms with van der Waals surface area (Å²) in [6, 6.07) is 13.6. The molecule has 0 bridgehead atoms. The average Bonchev–Trinajstić information content (AvgIpc) is 3.47. The lowest BCUT2D eigenvalue weighted by atomic mass is 9.94. The van der Waals surface area contributed by atoms with Gasteiger partial charge in [-0.05, 0) is 36.8 Å². The zero-order valence-corrected chi connectivity index (χ0v) is 19.5. The van der Waals surface area contributed by atoms with Gasteiger partial charge in [-0.15, -0.1) is 0 Å². The number of amides is 1. The van der Waals surface area contributed by atoms with Gasteiger partial charge < -0.3 is 23.7 Å². The lowest BCUT2D eigenvalue weighted by Crippen LogP contribution is -2.32. The second-order valence-corrected chi connectivity index (χ2v) is 8.78. The minimum absolute atomic E-state index is 0.00363. The van der Waals surface area contributed by atoms with Gasteiger partial charge >= 0.3 is 0 Å². The van der Waals surface area contributed by atoms with Gasteiger partial charge in [0.05, 0.1) is 11.6 Å². The normalized spacial score (nSPS) is 16.4. The molecule has 0 saturated heterocycles. The molecule has 7 nitrogen and oxygen atoms in total. The number of aliphatic hydroxyl groups excluding tert-OH is 1. The second-order valence-electron chi connectivity index (χ2n) is 8.34. The Balaban J connectivity index is 1.64. The third kappa shape index (κ3) is 3.57. The van der Waals surface area contributed by atoms with Crippen molar-refractivity contribution >= 4 is 45.2 Å². The highest BCUT2D eigenvalue weighted by Gasteiger charge is 2.45. The Labute approximate surface area is 200 Å². The summed E-state index contributed by atoms with van der Waals surface area (Å²) in [6.45, 7) is 0.761. The van der Waals surface area contributed by atoms with E-state index in [0.29, 0.717) is 35.6 Å². The van der Waals surface area contributed by atoms with Crippen LogP contribution in [0.1, 0.15) is 28.6 Å². The molecule has 1 amide bonds. The predicted molar refractivity (Wildman–Crippen MR) is 129 cm³/mol. The number of hydrogen-bond acceptors (Lipinski definition) is 5. The van der Waals surface area contributed by atoms with Crippen LogP contribution in [0, 0.1) is 0 Å². The van der Waals surface area contributed by atoms with Crippen molar-refractivity contribution in [3.05, 3.63) is 82.4 Å². The molecule has 5 rings (SSSR count). The maximum atomic E-state index is 13.7. The summed E-state index contributed by atoms with van der Waals surface area (Å²) in [7, 11) is 3.50. The molecule has 3 heterocycles. The predicted octanol–water partition coefficient (Wildman–Crippen LogP) is 5.19. The fourth-order valence-electron chi connectivity index (χ4n) is 4.67. The van der Waals surface area contributed by atoms with E-state index in [9.17, 15) is 14.7 Å². The number of furan rings is 1. The molecule has 0 spiro atoms. The second kappa shape index (κ2) is 8.66. The maximum absolute atomic E-state index is 13.7. The van der Waals surface area contributed by atoms with Crippen molar-refractivity contribution in [2.45, 2.75) is 12.5 Å². The Bertz CT molecular complexity index is 1460. The van der Waals surface area contributed by atoms with Crippen molar-refractivity contribution in [3.8, 4) is 0 Å². The molecule has 1 aliphatic heterocycles. The third-order valence-electron chi connectivity index (χ3n) is 6.22. The van der Waals surface area contributed by atoms with Gasteiger partial charge in [-0.1, -0.05) is 29.8 Å². The number of methoxy groups -OCH3 is 1. The molecule has 1 unspecified atom stereocenters. The molecule has 174 valence electrons. The van der Waals surface area contributed by atoms with Gasteiger partial charge in [0.2, 0.25) is 5.78 Å². The van der Waals surface area contributed by atoms with E-state index >= 15 is 0 Å². The van der Waals surface area contributed by atoms with Crippen molar-refractivity contribution in [1.29, 1.82) is 0 Å². The van der Waals surface area contributed by atoms with Crippen LogP contribution in [0.5, 0.6) is 0 Å². The minimum atomic E-state index is -0.764. The first-order valence-electron chi connectivity index (χ1n) is 10.9. The number of nitrogens with zero attached hydrogens (tertiary/aromatic N) is 2. The number of fused-ring (bicyclic) bond motifs is 2. The lowest BCUT2D eigenvalue weighted by molar-refractivity contribution is -0.129. The number of ketones is 1. The Hall–Kier alpha value is -3.55. The summed E-state index contributed by atoms with van der Waals surface area (Å²) in [6.07, 6.45) is 2.46. The van der Waals surface area contributed by atoms with Gasteiger partial charge in [0.25, 0.3) is 5.91 Å². The highest BCUT2D eigenvalue weighted by molar-refractivity contribution is 6.31. The van der Waals surface area contributed by atoms with Crippen molar-refractivity contribution in [3.63, 3.8) is 0 Å². The van der Waals surface area contributed by atoms with E-state index < -0.39 is 23.5 Å². The first kappa shape index (κ1) is 22.3. The number of aliphatic hydroxyl groups is 1. The van der Waals surface area contributed by atoms with Gasteiger partial charge in [0, 0.05) is 60.4 Å². The minimum Gasteiger partial charge on any atom is -0.503 e. The Kier molecular flexibility index (Phi) is 5.67. The molecule has 0 fully saturated rings. The maximum Gasteiger partial charge on any atom is 0.290 e. The molecule has 0 aliphatic carbocycles. The average molecular weight is 479 g/mol. The number of rotatable bonds is 7. The Morgan fingerprint density at radius 2 is 2.00 bits per heavy atom. The zero-order valence-electron chi connectivity index (χ0n) is 18.7. The molecule has 34 heavy (non-hydrogen) atoms. The topological polar surface area (TPSA) is 84.9 Å². The van der Waals surface area contributed by atoms with Crippen LogP contribution in [-0.4, -0.2) is 46.5 Å². The molecule has 2 aromatic heterocycles. The number of carbonyl (C=O) groups excluding carboxylic acids is 2. The van der Waals surface area contributed by atoms with Gasteiger partial charge in [-0.3, -0.25) is 9.59 Å². The van der Waals surface area contributed by atoms with E-state index in [1.165, 1.54) is 4.90 Å². The number of para-hydroxylation sites is 1. The van der Waals surface area contributed by atoms with E-state index in [2.05, 4.69) is 0 Å². The Morgan fingerprint density at radius 3 is 2.79 bits per heavy atom. The number of hydrogen-bond donors (Lipinski definition) is 1. The SMILES string of the molecule is COCCCN1C(=O)C(O)=C(C(=O)c2cc3cc(Cl)ccc3o2)C1c1cn(C)c2ccccc12. The summed E-state index contributed by atoms with van der Waals surface area (Å²) in [4.78, 5) is 28.4. The standard InChI is InChI=1S/C26H23ClN2O5/c1-28-14-18(17-6-3-4-7-19(17)28)23-22(25(31)26(32)29(23)10-5-11-33-2)24(30)21-13-15-12-16(27)8-9-20(15)34-21/h3-4,6-9,12-14,23,31H,5,10-11H2,1-2H3. The molecule has 2 aromatic carbocycles. The van der Waals surface area contributed by atoms with Gasteiger partial charge in [0.1, 0.15) is 5.58 Å². The molecule has 8 heteroatoms. The molecule has 0 radical (unpaired) electrons. The highest BCUT2D eigenvalue weighted by Crippen LogP contribution is 2.42. The zero-order chi connectivity index (χ0) is 24.0. The number of ether oxygens (including phenoxy) is 1. The van der Waals surface area contributed by atoms with Gasteiger partial charge in [-0.25, -0.2) is 0 Å². The number of Topliss-reactive ketones (excluding diaryl/α,β-unsaturated/α-hetero) is 1. The van der Waals surface area contributed by atoms with Gasteiger partial charge in [-0.2, -0.15) is 0 Å². The van der Waals surface area contributed by atoms with Crippen LogP contribution in [-0.2, 0) is 16.6 Å². The first-order chi connectivity index (χ1) is 16.4. The molecule has 0 saturated carbocycles. The molecular weight excluding hydrogens is 456 g/mol. The molecule has 1 aliphatic rings. The fourth-order valence-corrected chi connectivity index (χ4v) is 4.85. The van der Waals surface area contributed by atoms with Crippen molar-refractivity contribution in [2.24, 2.45) is 7.05 Å². The van der Waals surface area contributed by atoms with Crippen molar-refractivity contribution in [1.82, 2.24) is 9.47 Å². The molecule has 1 N–H and O–H groups in total. The van der Waals surface area contributed by atoms with Crippen LogP contribution in [0.4, 0.5) is 0 Å². The summed E-state index contributed by atoms with van der Waals surface area (Å²) >= 11 is 6.08. The summed E-state index contributed by atoms with van der Waals surface area (Å²) < 4.78 is 12.9. The number of aromatic nitrogens is 1. The van der Waals surface area contributed by atoms with E-state index in [-0.39, 0.29) is 11.3 Å². The summed E-state index contributed by atoms with van der Waals surface area (Å²) in [5, 5.41) is 13.0. The summed E-state index contributed by atoms with van der Waals surface area (Å²) in [5.41, 5.74) is 2.22. The molecule has 4 aromatic rings. The van der Waals surface area contributed by atoms with Crippen LogP contribution in [0.2, 0.25) is 5.02 Å². The van der Waals surface area contributed by atoms with Crippen LogP contribution in [0.25, 0.3) is 21.9 Å². The monoisotopic (exact) mass is 478 g/mol. The molecular formula is C26H23ClN2O5. The number of carbonyl (C=O) groups is 2. The number of halogens is 1. The van der Waals surface area contributed by atoms with E-state index in [0.717, 1.165) is 16.5 Å². The smallest absolute Gasteiger partial charge is 0.290 e. The van der Waals surface area contributed by atoms with Crippen LogP contribution < -0.4 is 0 Å². The van der Waals surface area contributed by atoms with E-state index in [1.54, 1.807) is 31.4 Å². The highest BCUT2D eigenvalue weighted by atomic mass is 35.5. The van der Waals surface area contributed by atoms with E-state index in [4.69, 9.17) is 20.8 Å². The summed E-state index contributed by atoms with van der Waals surface area (Å²) in [5.74, 6) is -1.64. The quantitative estimate of drug-likeness (QED) is 0.292. The van der Waals surface area contributed by atoms with Gasteiger partial charge in [0.15, 0.2) is 11.5 Å². The van der Waals surface area contributed by atoms with Crippen molar-refractivity contribution in [2.75, 3.05) is 20.3 Å². The Morgan fingerprint density at radius 1 is 1.21 bits per heavy atom. The molecule has 1 atom stereocenters. The first-order valence-corrected chi connectivity index (χ1v) is 11.3. The number of aryl methyl sites for hydroxylation is 1. The third-order valence-corrected chi connectivity index (χ3v) is 6.46.